The maximum absolute atomic E-state index is 13.8. The first-order valence-electron chi connectivity index (χ1n) is 14.7. The van der Waals surface area contributed by atoms with Crippen LogP contribution < -0.4 is 9.80 Å². The molecule has 45 heavy (non-hydrogen) atoms. The number of hydrogen-bond acceptors (Lipinski definition) is 9. The normalized spacial score (nSPS) is 18.5. The second-order valence-electron chi connectivity index (χ2n) is 11.6. The number of benzene rings is 1. The van der Waals surface area contributed by atoms with Crippen LogP contribution in [-0.4, -0.2) is 94.0 Å². The van der Waals surface area contributed by atoms with Crippen molar-refractivity contribution in [2.45, 2.75) is 43.8 Å². The Hall–Kier alpha value is -4.27. The van der Waals surface area contributed by atoms with Crippen molar-refractivity contribution < 1.29 is 26.4 Å². The molecule has 0 N–H and O–H groups in total. The van der Waals surface area contributed by atoms with Gasteiger partial charge in [-0.05, 0) is 50.1 Å². The van der Waals surface area contributed by atoms with Crippen LogP contribution in [0.2, 0.25) is 0 Å². The van der Waals surface area contributed by atoms with E-state index >= 15 is 0 Å². The Morgan fingerprint density at radius 2 is 1.71 bits per heavy atom. The van der Waals surface area contributed by atoms with Crippen molar-refractivity contribution in [3.63, 3.8) is 0 Å². The highest BCUT2D eigenvalue weighted by Gasteiger charge is 2.34. The summed E-state index contributed by atoms with van der Waals surface area (Å²) in [6.07, 6.45) is 3.89. The minimum atomic E-state index is -4.54. The third-order valence-corrected chi connectivity index (χ3v) is 10.3. The Balaban J connectivity index is 1.20. The molecule has 5 heterocycles. The standard InChI is InChI=1S/C30H33F3N8O3S/c1-20-17-39(12-13-41(20)27(42)18-40-19-37-25-4-3-9-34-28(25)40)26-6-5-22(30(31,32)33)14-24(26)21-15-35-29(36-16-21)38-10-7-23(8-11-38)45(2,43)44/h3-6,9,14-16,19-20,23H,7-8,10-13,17-18H2,1-2H3. The number of piperazine rings is 1. The number of aromatic nitrogens is 5. The van der Waals surface area contributed by atoms with Crippen LogP contribution >= 0.6 is 0 Å². The lowest BCUT2D eigenvalue weighted by Gasteiger charge is -2.41. The largest absolute Gasteiger partial charge is 0.416 e. The van der Waals surface area contributed by atoms with E-state index in [2.05, 4.69) is 19.9 Å². The number of hydrogen-bond donors (Lipinski definition) is 0. The van der Waals surface area contributed by atoms with E-state index in [1.165, 1.54) is 24.7 Å². The SMILES string of the molecule is CC1CN(c2ccc(C(F)(F)F)cc2-c2cnc(N3CCC(S(C)(=O)=O)CC3)nc2)CCN1C(=O)Cn1cnc2cccnc21. The molecule has 1 unspecified atom stereocenters. The maximum atomic E-state index is 13.8. The highest BCUT2D eigenvalue weighted by molar-refractivity contribution is 7.91. The van der Waals surface area contributed by atoms with Gasteiger partial charge in [-0.2, -0.15) is 13.2 Å². The Kier molecular flexibility index (Phi) is 8.14. The van der Waals surface area contributed by atoms with Gasteiger partial charge in [0.05, 0.1) is 17.1 Å². The minimum absolute atomic E-state index is 0.0823. The van der Waals surface area contributed by atoms with E-state index in [9.17, 15) is 26.4 Å². The molecule has 2 fully saturated rings. The zero-order valence-electron chi connectivity index (χ0n) is 24.9. The van der Waals surface area contributed by atoms with Crippen molar-refractivity contribution in [2.75, 3.05) is 48.8 Å². The van der Waals surface area contributed by atoms with Gasteiger partial charge >= 0.3 is 6.18 Å². The number of alkyl halides is 3. The Morgan fingerprint density at radius 1 is 0.978 bits per heavy atom. The molecular formula is C30H33F3N8O3S. The van der Waals surface area contributed by atoms with Crippen LogP contribution in [0.5, 0.6) is 0 Å². The van der Waals surface area contributed by atoms with E-state index < -0.39 is 26.8 Å². The Morgan fingerprint density at radius 3 is 2.38 bits per heavy atom. The summed E-state index contributed by atoms with van der Waals surface area (Å²) in [5.74, 6) is 0.310. The smallest absolute Gasteiger partial charge is 0.367 e. The topological polar surface area (TPSA) is 117 Å². The van der Waals surface area contributed by atoms with Gasteiger partial charge in [-0.1, -0.05) is 0 Å². The third kappa shape index (κ3) is 6.44. The molecule has 11 nitrogen and oxygen atoms in total. The second-order valence-corrected chi connectivity index (χ2v) is 13.9. The molecular weight excluding hydrogens is 609 g/mol. The summed E-state index contributed by atoms with van der Waals surface area (Å²) < 4.78 is 66.9. The number of nitrogens with zero attached hydrogens (tertiary/aromatic N) is 8. The summed E-state index contributed by atoms with van der Waals surface area (Å²) in [5.41, 5.74) is 1.91. The first kappa shape index (κ1) is 30.7. The van der Waals surface area contributed by atoms with Crippen LogP contribution in [0.3, 0.4) is 0 Å². The fourth-order valence-electron chi connectivity index (χ4n) is 6.12. The van der Waals surface area contributed by atoms with E-state index in [1.807, 2.05) is 22.8 Å². The minimum Gasteiger partial charge on any atom is -0.367 e. The number of anilines is 2. The van der Waals surface area contributed by atoms with E-state index in [0.717, 1.165) is 12.1 Å². The summed E-state index contributed by atoms with van der Waals surface area (Å²) in [6.45, 7) is 4.18. The van der Waals surface area contributed by atoms with Gasteiger partial charge in [-0.3, -0.25) is 4.79 Å². The number of sulfone groups is 1. The predicted octanol–water partition coefficient (Wildman–Crippen LogP) is 3.66. The fourth-order valence-corrected chi connectivity index (χ4v) is 7.19. The number of amides is 1. The van der Waals surface area contributed by atoms with E-state index in [0.29, 0.717) is 79.5 Å². The molecule has 238 valence electrons. The van der Waals surface area contributed by atoms with Gasteiger partial charge in [-0.15, -0.1) is 0 Å². The van der Waals surface area contributed by atoms with Crippen LogP contribution in [0, 0.1) is 0 Å². The summed E-state index contributed by atoms with van der Waals surface area (Å²) in [6, 6.07) is 7.05. The number of halogens is 3. The number of imidazole rings is 1. The molecule has 6 rings (SSSR count). The molecule has 0 saturated carbocycles. The number of piperidine rings is 1. The van der Waals surface area contributed by atoms with Crippen molar-refractivity contribution in [3.8, 4) is 11.1 Å². The van der Waals surface area contributed by atoms with Crippen LogP contribution in [-0.2, 0) is 27.4 Å². The Bertz CT molecular complexity index is 1810. The lowest BCUT2D eigenvalue weighted by atomic mass is 10.0. The number of carbonyl (C=O) groups excluding carboxylic acids is 1. The molecule has 0 radical (unpaired) electrons. The van der Waals surface area contributed by atoms with Gasteiger partial charge in [0, 0.05) is 80.4 Å². The van der Waals surface area contributed by atoms with Crippen LogP contribution in [0.1, 0.15) is 25.3 Å². The number of rotatable bonds is 6. The Labute approximate surface area is 258 Å². The second kappa shape index (κ2) is 11.9. The van der Waals surface area contributed by atoms with Crippen molar-refractivity contribution in [1.29, 1.82) is 0 Å². The zero-order chi connectivity index (χ0) is 31.9. The van der Waals surface area contributed by atoms with E-state index in [4.69, 9.17) is 0 Å². The summed E-state index contributed by atoms with van der Waals surface area (Å²) in [7, 11) is -3.13. The zero-order valence-corrected chi connectivity index (χ0v) is 25.7. The molecule has 1 amide bonds. The summed E-state index contributed by atoms with van der Waals surface area (Å²) in [4.78, 5) is 36.5. The first-order valence-corrected chi connectivity index (χ1v) is 16.6. The van der Waals surface area contributed by atoms with Crippen molar-refractivity contribution in [1.82, 2.24) is 29.4 Å². The monoisotopic (exact) mass is 642 g/mol. The average molecular weight is 643 g/mol. The summed E-state index contributed by atoms with van der Waals surface area (Å²) in [5, 5.41) is -0.401. The van der Waals surface area contributed by atoms with E-state index in [-0.39, 0.29) is 18.5 Å². The lowest BCUT2D eigenvalue weighted by Crippen LogP contribution is -2.54. The number of carbonyl (C=O) groups is 1. The van der Waals surface area contributed by atoms with Crippen molar-refractivity contribution in [3.05, 3.63) is 60.8 Å². The number of fused-ring (bicyclic) bond motifs is 1. The van der Waals surface area contributed by atoms with Crippen molar-refractivity contribution >= 4 is 38.5 Å². The lowest BCUT2D eigenvalue weighted by molar-refractivity contribution is -0.137. The quantitative estimate of drug-likeness (QED) is 0.311. The first-order chi connectivity index (χ1) is 21.4. The highest BCUT2D eigenvalue weighted by Crippen LogP contribution is 2.38. The molecule has 3 aromatic heterocycles. The van der Waals surface area contributed by atoms with Gasteiger partial charge in [0.25, 0.3) is 0 Å². The van der Waals surface area contributed by atoms with Crippen LogP contribution in [0.25, 0.3) is 22.3 Å². The molecule has 15 heteroatoms. The number of pyridine rings is 1. The van der Waals surface area contributed by atoms with Crippen LogP contribution in [0.15, 0.2) is 55.2 Å². The van der Waals surface area contributed by atoms with Crippen molar-refractivity contribution in [2.24, 2.45) is 0 Å². The average Bonchev–Trinajstić information content (AvgIpc) is 3.42. The molecule has 2 saturated heterocycles. The van der Waals surface area contributed by atoms with Gasteiger partial charge in [0.15, 0.2) is 5.65 Å². The van der Waals surface area contributed by atoms with Gasteiger partial charge in [-0.25, -0.2) is 28.4 Å². The molecule has 2 aliphatic rings. The molecule has 0 spiro atoms. The molecule has 4 aromatic rings. The highest BCUT2D eigenvalue weighted by atomic mass is 32.2. The van der Waals surface area contributed by atoms with Gasteiger partial charge in [0.2, 0.25) is 11.9 Å². The molecule has 1 atom stereocenters. The van der Waals surface area contributed by atoms with E-state index in [1.54, 1.807) is 28.1 Å². The van der Waals surface area contributed by atoms with Gasteiger partial charge in [0.1, 0.15) is 21.9 Å². The fraction of sp³-hybridized carbons (Fsp3) is 0.433. The third-order valence-electron chi connectivity index (χ3n) is 8.57. The molecule has 0 bridgehead atoms. The summed E-state index contributed by atoms with van der Waals surface area (Å²) >= 11 is 0. The molecule has 0 aliphatic carbocycles. The van der Waals surface area contributed by atoms with Gasteiger partial charge < -0.3 is 19.3 Å². The molecule has 2 aliphatic heterocycles. The maximum Gasteiger partial charge on any atom is 0.416 e. The predicted molar refractivity (Wildman–Crippen MR) is 163 cm³/mol. The van der Waals surface area contributed by atoms with Crippen LogP contribution in [0.4, 0.5) is 24.8 Å². The molecule has 1 aromatic carbocycles.